The summed E-state index contributed by atoms with van der Waals surface area (Å²) in [6.45, 7) is 6.76. The fourth-order valence-corrected chi connectivity index (χ4v) is 2.46. The minimum Gasteiger partial charge on any atom is -0.383 e. The van der Waals surface area contributed by atoms with Gasteiger partial charge in [-0.15, -0.1) is 0 Å². The molecule has 0 aliphatic rings. The van der Waals surface area contributed by atoms with Crippen LogP contribution in [0.4, 0.5) is 0 Å². The van der Waals surface area contributed by atoms with E-state index in [0.717, 1.165) is 32.5 Å². The lowest BCUT2D eigenvalue weighted by atomic mass is 10.1. The summed E-state index contributed by atoms with van der Waals surface area (Å²) < 4.78 is 7.15. The van der Waals surface area contributed by atoms with Crippen molar-refractivity contribution in [3.63, 3.8) is 0 Å². The van der Waals surface area contributed by atoms with Gasteiger partial charge in [-0.05, 0) is 25.0 Å². The highest BCUT2D eigenvalue weighted by Crippen LogP contribution is 2.19. The summed E-state index contributed by atoms with van der Waals surface area (Å²) in [5.74, 6) is 0. The molecule has 4 heteroatoms. The van der Waals surface area contributed by atoms with Crippen LogP contribution in [0.2, 0.25) is 0 Å². The number of methoxy groups -OCH3 is 1. The van der Waals surface area contributed by atoms with Crippen LogP contribution < -0.4 is 5.32 Å². The van der Waals surface area contributed by atoms with Crippen molar-refractivity contribution in [3.8, 4) is 5.69 Å². The van der Waals surface area contributed by atoms with Gasteiger partial charge < -0.3 is 10.1 Å². The molecule has 21 heavy (non-hydrogen) atoms. The van der Waals surface area contributed by atoms with Gasteiger partial charge in [0.1, 0.15) is 0 Å². The van der Waals surface area contributed by atoms with Gasteiger partial charge in [-0.1, -0.05) is 31.5 Å². The Morgan fingerprint density at radius 2 is 2.10 bits per heavy atom. The summed E-state index contributed by atoms with van der Waals surface area (Å²) in [6.07, 6.45) is 4.13. The van der Waals surface area contributed by atoms with Gasteiger partial charge in [0.15, 0.2) is 0 Å². The first-order chi connectivity index (χ1) is 10.3. The third-order valence-corrected chi connectivity index (χ3v) is 3.58. The number of rotatable bonds is 8. The van der Waals surface area contributed by atoms with Crippen LogP contribution in [0.5, 0.6) is 0 Å². The second-order valence-electron chi connectivity index (χ2n) is 5.23. The number of para-hydroxylation sites is 1. The minimum absolute atomic E-state index is 0.731. The molecule has 0 saturated carbocycles. The van der Waals surface area contributed by atoms with Crippen molar-refractivity contribution in [2.24, 2.45) is 0 Å². The van der Waals surface area contributed by atoms with Crippen molar-refractivity contribution in [2.75, 3.05) is 20.3 Å². The third kappa shape index (κ3) is 3.93. The van der Waals surface area contributed by atoms with Crippen molar-refractivity contribution in [3.05, 3.63) is 47.3 Å². The average Bonchev–Trinajstić information content (AvgIpc) is 2.88. The Hall–Kier alpha value is -1.65. The molecule has 0 aliphatic carbocycles. The molecule has 2 aromatic rings. The van der Waals surface area contributed by atoms with Gasteiger partial charge in [-0.2, -0.15) is 5.10 Å². The molecule has 4 nitrogen and oxygen atoms in total. The highest BCUT2D eigenvalue weighted by molar-refractivity contribution is 5.41. The molecule has 2 rings (SSSR count). The normalized spacial score (nSPS) is 11.0. The first-order valence-electron chi connectivity index (χ1n) is 7.59. The lowest BCUT2D eigenvalue weighted by Gasteiger charge is -2.11. The van der Waals surface area contributed by atoms with Gasteiger partial charge in [0.05, 0.1) is 18.5 Å². The SMILES string of the molecule is CCCc1c(CNCCOC)cnn1-c1ccccc1C. The molecular weight excluding hydrogens is 262 g/mol. The molecule has 0 aliphatic heterocycles. The predicted octanol–water partition coefficient (Wildman–Crippen LogP) is 2.87. The zero-order valence-corrected chi connectivity index (χ0v) is 13.2. The number of nitrogens with zero attached hydrogens (tertiary/aromatic N) is 2. The molecule has 1 aromatic heterocycles. The van der Waals surface area contributed by atoms with E-state index in [4.69, 9.17) is 4.74 Å². The molecule has 0 unspecified atom stereocenters. The Kier molecular flexibility index (Phi) is 5.96. The van der Waals surface area contributed by atoms with Crippen LogP contribution in [0.3, 0.4) is 0 Å². The van der Waals surface area contributed by atoms with Gasteiger partial charge in [-0.25, -0.2) is 4.68 Å². The van der Waals surface area contributed by atoms with Crippen LogP contribution in [0.15, 0.2) is 30.5 Å². The summed E-state index contributed by atoms with van der Waals surface area (Å²) in [5, 5.41) is 8.01. The van der Waals surface area contributed by atoms with Gasteiger partial charge in [0.2, 0.25) is 0 Å². The standard InChI is InChI=1S/C17H25N3O/c1-4-7-17-15(12-18-10-11-21-3)13-19-20(17)16-9-6-5-8-14(16)2/h5-6,8-9,13,18H,4,7,10-12H2,1-3H3. The Balaban J connectivity index is 2.22. The summed E-state index contributed by atoms with van der Waals surface area (Å²) >= 11 is 0. The quantitative estimate of drug-likeness (QED) is 0.759. The monoisotopic (exact) mass is 287 g/mol. The third-order valence-electron chi connectivity index (χ3n) is 3.58. The zero-order chi connectivity index (χ0) is 15.1. The molecule has 0 spiro atoms. The Labute approximate surface area is 127 Å². The lowest BCUT2D eigenvalue weighted by molar-refractivity contribution is 0.199. The van der Waals surface area contributed by atoms with Gasteiger partial charge >= 0.3 is 0 Å². The maximum absolute atomic E-state index is 5.06. The van der Waals surface area contributed by atoms with Crippen LogP contribution >= 0.6 is 0 Å². The lowest BCUT2D eigenvalue weighted by Crippen LogP contribution is -2.19. The van der Waals surface area contributed by atoms with Crippen molar-refractivity contribution in [2.45, 2.75) is 33.2 Å². The molecule has 0 radical (unpaired) electrons. The van der Waals surface area contributed by atoms with E-state index >= 15 is 0 Å². The van der Waals surface area contributed by atoms with E-state index in [2.05, 4.69) is 53.2 Å². The molecule has 0 fully saturated rings. The van der Waals surface area contributed by atoms with Crippen LogP contribution in [-0.2, 0) is 17.7 Å². The molecule has 1 N–H and O–H groups in total. The first-order valence-corrected chi connectivity index (χ1v) is 7.59. The minimum atomic E-state index is 0.731. The maximum atomic E-state index is 5.06. The smallest absolute Gasteiger partial charge is 0.0678 e. The van der Waals surface area contributed by atoms with Crippen LogP contribution in [0.25, 0.3) is 5.69 Å². The highest BCUT2D eigenvalue weighted by Gasteiger charge is 2.12. The molecule has 0 saturated heterocycles. The summed E-state index contributed by atoms with van der Waals surface area (Å²) in [6, 6.07) is 8.39. The van der Waals surface area contributed by atoms with Crippen LogP contribution in [0, 0.1) is 6.92 Å². The van der Waals surface area contributed by atoms with Crippen molar-refractivity contribution >= 4 is 0 Å². The molecule has 0 bridgehead atoms. The second-order valence-corrected chi connectivity index (χ2v) is 5.23. The fraction of sp³-hybridized carbons (Fsp3) is 0.471. The van der Waals surface area contributed by atoms with Crippen LogP contribution in [-0.4, -0.2) is 30.0 Å². The number of benzene rings is 1. The summed E-state index contributed by atoms with van der Waals surface area (Å²) in [4.78, 5) is 0. The van der Waals surface area contributed by atoms with E-state index in [-0.39, 0.29) is 0 Å². The molecular formula is C17H25N3O. The summed E-state index contributed by atoms with van der Waals surface area (Å²) in [7, 11) is 1.72. The molecule has 114 valence electrons. The topological polar surface area (TPSA) is 39.1 Å². The van der Waals surface area contributed by atoms with E-state index in [0.29, 0.717) is 0 Å². The molecule has 1 aromatic carbocycles. The summed E-state index contributed by atoms with van der Waals surface area (Å²) in [5.41, 5.74) is 4.99. The van der Waals surface area contributed by atoms with Crippen molar-refractivity contribution < 1.29 is 4.74 Å². The largest absolute Gasteiger partial charge is 0.383 e. The predicted molar refractivity (Wildman–Crippen MR) is 85.9 cm³/mol. The number of aryl methyl sites for hydroxylation is 1. The Morgan fingerprint density at radius 1 is 1.29 bits per heavy atom. The number of hydrogen-bond donors (Lipinski definition) is 1. The first kappa shape index (κ1) is 15.7. The molecule has 0 amide bonds. The van der Waals surface area contributed by atoms with Crippen LogP contribution in [0.1, 0.15) is 30.2 Å². The van der Waals surface area contributed by atoms with E-state index in [1.807, 2.05) is 6.20 Å². The van der Waals surface area contributed by atoms with Crippen molar-refractivity contribution in [1.82, 2.24) is 15.1 Å². The van der Waals surface area contributed by atoms with Gasteiger partial charge in [-0.3, -0.25) is 0 Å². The fourth-order valence-electron chi connectivity index (χ4n) is 2.46. The van der Waals surface area contributed by atoms with E-state index in [9.17, 15) is 0 Å². The van der Waals surface area contributed by atoms with Gasteiger partial charge in [0.25, 0.3) is 0 Å². The number of ether oxygens (including phenoxy) is 1. The van der Waals surface area contributed by atoms with Crippen molar-refractivity contribution in [1.29, 1.82) is 0 Å². The van der Waals surface area contributed by atoms with E-state index < -0.39 is 0 Å². The Bertz CT molecular complexity index is 563. The number of nitrogens with one attached hydrogen (secondary N) is 1. The highest BCUT2D eigenvalue weighted by atomic mass is 16.5. The maximum Gasteiger partial charge on any atom is 0.0678 e. The average molecular weight is 287 g/mol. The Morgan fingerprint density at radius 3 is 2.81 bits per heavy atom. The number of hydrogen-bond acceptors (Lipinski definition) is 3. The second kappa shape index (κ2) is 7.96. The van der Waals surface area contributed by atoms with E-state index in [1.165, 1.54) is 22.5 Å². The number of aromatic nitrogens is 2. The molecule has 0 atom stereocenters. The zero-order valence-electron chi connectivity index (χ0n) is 13.2. The van der Waals surface area contributed by atoms with Gasteiger partial charge in [0, 0.05) is 31.5 Å². The van der Waals surface area contributed by atoms with E-state index in [1.54, 1.807) is 7.11 Å². The molecule has 1 heterocycles.